The first-order valence-corrected chi connectivity index (χ1v) is 9.43. The molecular formula is C19H28Cl3N5O. The van der Waals surface area contributed by atoms with Gasteiger partial charge >= 0.3 is 0 Å². The second kappa shape index (κ2) is 9.92. The average molecular weight is 449 g/mol. The van der Waals surface area contributed by atoms with E-state index in [9.17, 15) is 4.79 Å². The lowest BCUT2D eigenvalue weighted by molar-refractivity contribution is -0.119. The second-order valence-electron chi connectivity index (χ2n) is 7.93. The number of amides is 1. The number of aromatic nitrogens is 3. The van der Waals surface area contributed by atoms with Crippen molar-refractivity contribution in [2.75, 3.05) is 5.32 Å². The van der Waals surface area contributed by atoms with Crippen molar-refractivity contribution < 1.29 is 4.79 Å². The van der Waals surface area contributed by atoms with Crippen LogP contribution in [0.1, 0.15) is 45.9 Å². The Hall–Kier alpha value is -1.34. The predicted octanol–water partition coefficient (Wildman–Crippen LogP) is 4.48. The molecule has 1 atom stereocenters. The van der Waals surface area contributed by atoms with Crippen LogP contribution < -0.4 is 11.1 Å². The van der Waals surface area contributed by atoms with Crippen molar-refractivity contribution in [1.82, 2.24) is 14.8 Å². The summed E-state index contributed by atoms with van der Waals surface area (Å²) in [5.41, 5.74) is 7.16. The highest BCUT2D eigenvalue weighted by Crippen LogP contribution is 2.31. The smallest absolute Gasteiger partial charge is 0.241 e. The van der Waals surface area contributed by atoms with Gasteiger partial charge in [0.05, 0.1) is 11.1 Å². The summed E-state index contributed by atoms with van der Waals surface area (Å²) >= 11 is 6.42. The van der Waals surface area contributed by atoms with Crippen molar-refractivity contribution in [2.45, 2.75) is 59.0 Å². The van der Waals surface area contributed by atoms with Gasteiger partial charge in [-0.3, -0.25) is 4.79 Å². The van der Waals surface area contributed by atoms with E-state index in [4.69, 9.17) is 17.3 Å². The Kier molecular flexibility index (Phi) is 8.75. The summed E-state index contributed by atoms with van der Waals surface area (Å²) in [5.74, 6) is 1.53. The molecule has 0 saturated heterocycles. The van der Waals surface area contributed by atoms with Gasteiger partial charge in [-0.25, -0.2) is 0 Å². The molecule has 28 heavy (non-hydrogen) atoms. The highest BCUT2D eigenvalue weighted by atomic mass is 35.5. The Labute approximate surface area is 183 Å². The quantitative estimate of drug-likeness (QED) is 0.725. The number of fused-ring (bicyclic) bond motifs is 1. The van der Waals surface area contributed by atoms with Gasteiger partial charge in [0.2, 0.25) is 5.91 Å². The van der Waals surface area contributed by atoms with E-state index in [1.807, 2.05) is 26.8 Å². The van der Waals surface area contributed by atoms with E-state index in [-0.39, 0.29) is 36.1 Å². The molecule has 1 aromatic heterocycles. The van der Waals surface area contributed by atoms with Crippen LogP contribution in [0.5, 0.6) is 0 Å². The summed E-state index contributed by atoms with van der Waals surface area (Å²) in [5, 5.41) is 12.2. The molecule has 0 aliphatic carbocycles. The molecule has 6 nitrogen and oxygen atoms in total. The Morgan fingerprint density at radius 2 is 1.93 bits per heavy atom. The van der Waals surface area contributed by atoms with Gasteiger partial charge in [-0.2, -0.15) is 0 Å². The number of rotatable bonds is 3. The third-order valence-corrected chi connectivity index (χ3v) is 5.13. The Bertz CT molecular complexity index is 816. The zero-order valence-corrected chi connectivity index (χ0v) is 18.8. The summed E-state index contributed by atoms with van der Waals surface area (Å²) in [7, 11) is 0. The van der Waals surface area contributed by atoms with E-state index in [1.165, 1.54) is 6.42 Å². The summed E-state index contributed by atoms with van der Waals surface area (Å²) in [6.07, 6.45) is 4.36. The minimum atomic E-state index is -0.606. The number of nitrogens with two attached hydrogens (primary N) is 1. The van der Waals surface area contributed by atoms with Crippen LogP contribution in [-0.4, -0.2) is 26.7 Å². The minimum Gasteiger partial charge on any atom is -0.325 e. The van der Waals surface area contributed by atoms with Crippen molar-refractivity contribution in [3.8, 4) is 11.4 Å². The third kappa shape index (κ3) is 5.38. The van der Waals surface area contributed by atoms with Crippen LogP contribution in [-0.2, 0) is 17.8 Å². The molecule has 1 aliphatic heterocycles. The number of aryl methyl sites for hydroxylation is 1. The van der Waals surface area contributed by atoms with Crippen LogP contribution in [0.25, 0.3) is 11.4 Å². The van der Waals surface area contributed by atoms with Gasteiger partial charge in [0.1, 0.15) is 5.82 Å². The predicted molar refractivity (Wildman–Crippen MR) is 119 cm³/mol. The molecule has 0 fully saturated rings. The molecule has 9 heteroatoms. The fraction of sp³-hybridized carbons (Fsp3) is 0.526. The van der Waals surface area contributed by atoms with E-state index in [0.717, 1.165) is 43.0 Å². The van der Waals surface area contributed by atoms with Crippen LogP contribution in [0.4, 0.5) is 5.69 Å². The number of carbonyl (C=O) groups is 1. The average Bonchev–Trinajstić information content (AvgIpc) is 2.83. The second-order valence-corrected chi connectivity index (χ2v) is 8.34. The van der Waals surface area contributed by atoms with Gasteiger partial charge in [0.15, 0.2) is 5.82 Å². The molecule has 3 N–H and O–H groups in total. The normalized spacial score (nSPS) is 14.8. The number of carbonyl (C=O) groups excluding carboxylic acids is 1. The van der Waals surface area contributed by atoms with E-state index in [1.54, 1.807) is 12.1 Å². The number of benzene rings is 1. The van der Waals surface area contributed by atoms with Crippen molar-refractivity contribution in [3.05, 3.63) is 29.0 Å². The van der Waals surface area contributed by atoms with Gasteiger partial charge in [0.25, 0.3) is 0 Å². The molecule has 0 radical (unpaired) electrons. The molecule has 156 valence electrons. The van der Waals surface area contributed by atoms with Crippen molar-refractivity contribution in [2.24, 2.45) is 11.1 Å². The van der Waals surface area contributed by atoms with Crippen molar-refractivity contribution in [1.29, 1.82) is 0 Å². The first-order valence-electron chi connectivity index (χ1n) is 9.06. The number of hydrogen-bond acceptors (Lipinski definition) is 4. The maximum absolute atomic E-state index is 12.4. The van der Waals surface area contributed by atoms with Crippen LogP contribution in [0, 0.1) is 5.41 Å². The molecule has 0 saturated carbocycles. The SMILES string of the molecule is CC(C)(C)[C@H](N)C(=O)Nc1ccc(Cl)c(-c2nnc3n2CCCCC3)c1.Cl.Cl. The standard InChI is InChI=1S/C19H26ClN5O.2ClH/c1-19(2,3)16(21)18(26)22-12-8-9-14(20)13(11-12)17-24-23-15-7-5-4-6-10-25(15)17;;/h8-9,11,16H,4-7,10,21H2,1-3H3,(H,22,26);2*1H/t16-;;/m1../s1. The summed E-state index contributed by atoms with van der Waals surface area (Å²) in [6, 6.07) is 4.79. The van der Waals surface area contributed by atoms with E-state index in [0.29, 0.717) is 10.7 Å². The Balaban J connectivity index is 0.00000196. The third-order valence-electron chi connectivity index (χ3n) is 4.80. The molecule has 1 aromatic carbocycles. The molecule has 1 amide bonds. The first-order chi connectivity index (χ1) is 12.3. The lowest BCUT2D eigenvalue weighted by atomic mass is 9.87. The largest absolute Gasteiger partial charge is 0.325 e. The van der Waals surface area contributed by atoms with Gasteiger partial charge in [0, 0.05) is 24.2 Å². The van der Waals surface area contributed by atoms with Crippen LogP contribution in [0.3, 0.4) is 0 Å². The first kappa shape index (κ1) is 24.7. The summed E-state index contributed by atoms with van der Waals surface area (Å²) in [6.45, 7) is 6.71. The van der Waals surface area contributed by atoms with Gasteiger partial charge in [-0.1, -0.05) is 38.8 Å². The minimum absolute atomic E-state index is 0. The highest BCUT2D eigenvalue weighted by molar-refractivity contribution is 6.33. The van der Waals surface area contributed by atoms with Gasteiger partial charge in [-0.05, 0) is 36.5 Å². The fourth-order valence-corrected chi connectivity index (χ4v) is 3.27. The van der Waals surface area contributed by atoms with Crippen LogP contribution in [0.2, 0.25) is 5.02 Å². The van der Waals surface area contributed by atoms with Crippen molar-refractivity contribution in [3.63, 3.8) is 0 Å². The Morgan fingerprint density at radius 1 is 1.21 bits per heavy atom. The molecule has 0 unspecified atom stereocenters. The fourth-order valence-electron chi connectivity index (χ4n) is 3.07. The molecule has 1 aliphatic rings. The monoisotopic (exact) mass is 447 g/mol. The molecule has 0 spiro atoms. The summed E-state index contributed by atoms with van der Waals surface area (Å²) < 4.78 is 2.14. The summed E-state index contributed by atoms with van der Waals surface area (Å²) in [4.78, 5) is 12.4. The number of hydrogen-bond donors (Lipinski definition) is 2. The molecule has 3 rings (SSSR count). The van der Waals surface area contributed by atoms with Gasteiger partial charge in [-0.15, -0.1) is 35.0 Å². The van der Waals surface area contributed by atoms with Gasteiger partial charge < -0.3 is 15.6 Å². The lowest BCUT2D eigenvalue weighted by Gasteiger charge is -2.25. The van der Waals surface area contributed by atoms with E-state index < -0.39 is 6.04 Å². The highest BCUT2D eigenvalue weighted by Gasteiger charge is 2.27. The van der Waals surface area contributed by atoms with Crippen LogP contribution in [0.15, 0.2) is 18.2 Å². The molecule has 2 aromatic rings. The lowest BCUT2D eigenvalue weighted by Crippen LogP contribution is -2.45. The van der Waals surface area contributed by atoms with E-state index >= 15 is 0 Å². The number of nitrogens with one attached hydrogen (secondary N) is 1. The number of anilines is 1. The Morgan fingerprint density at radius 3 is 2.61 bits per heavy atom. The zero-order chi connectivity index (χ0) is 18.9. The maximum Gasteiger partial charge on any atom is 0.241 e. The molecular weight excluding hydrogens is 421 g/mol. The number of halogens is 3. The molecule has 2 heterocycles. The molecule has 0 bridgehead atoms. The zero-order valence-electron chi connectivity index (χ0n) is 16.4. The maximum atomic E-state index is 12.4. The topological polar surface area (TPSA) is 85.8 Å². The van der Waals surface area contributed by atoms with Crippen LogP contribution >= 0.6 is 36.4 Å². The van der Waals surface area contributed by atoms with Crippen molar-refractivity contribution >= 4 is 48.0 Å². The van der Waals surface area contributed by atoms with E-state index in [2.05, 4.69) is 20.1 Å². The number of nitrogens with zero attached hydrogens (tertiary/aromatic N) is 3.